The number of fused-ring (bicyclic) bond motifs is 1. The van der Waals surface area contributed by atoms with E-state index in [0.29, 0.717) is 27.5 Å². The van der Waals surface area contributed by atoms with E-state index >= 15 is 0 Å². The van der Waals surface area contributed by atoms with Crippen LogP contribution in [0.2, 0.25) is 0 Å². The molecule has 0 spiro atoms. The summed E-state index contributed by atoms with van der Waals surface area (Å²) in [5.74, 6) is -0.0217. The van der Waals surface area contributed by atoms with Gasteiger partial charge in [0.2, 0.25) is 0 Å². The van der Waals surface area contributed by atoms with Gasteiger partial charge in [0, 0.05) is 18.7 Å². The fraction of sp³-hybridized carbons (Fsp3) is 0.316. The standard InChI is InChI=1S/C19H19N5O3S/c1-19(2,3)16(25)11-9-21-17-15(11)23-12(10-22-17)13-5-6-14(28-13)27-18(26)24(4)8-7-20/h5-6,9-10H,8H2,1-4H3,(H,21,22). The van der Waals surface area contributed by atoms with Gasteiger partial charge in [-0.15, -0.1) is 0 Å². The van der Waals surface area contributed by atoms with Crippen molar-refractivity contribution in [3.8, 4) is 21.7 Å². The molecule has 0 aromatic carbocycles. The number of Topliss-reactive ketones (excluding diaryl/α,β-unsaturated/α-hetero) is 1. The number of aromatic nitrogens is 3. The number of carbonyl (C=O) groups is 2. The number of ketones is 1. The molecular weight excluding hydrogens is 378 g/mol. The zero-order valence-electron chi connectivity index (χ0n) is 15.9. The van der Waals surface area contributed by atoms with Crippen LogP contribution in [0.1, 0.15) is 31.1 Å². The van der Waals surface area contributed by atoms with Crippen LogP contribution >= 0.6 is 11.3 Å². The highest BCUT2D eigenvalue weighted by molar-refractivity contribution is 7.17. The van der Waals surface area contributed by atoms with Gasteiger partial charge in [-0.25, -0.2) is 14.8 Å². The summed E-state index contributed by atoms with van der Waals surface area (Å²) in [7, 11) is 1.49. The number of nitriles is 1. The van der Waals surface area contributed by atoms with Crippen molar-refractivity contribution in [1.82, 2.24) is 19.9 Å². The summed E-state index contributed by atoms with van der Waals surface area (Å²) in [4.78, 5) is 38.4. The van der Waals surface area contributed by atoms with E-state index in [2.05, 4.69) is 15.0 Å². The third kappa shape index (κ3) is 3.87. The first-order valence-electron chi connectivity index (χ1n) is 8.49. The smallest absolute Gasteiger partial charge is 0.399 e. The Morgan fingerprint density at radius 1 is 1.36 bits per heavy atom. The van der Waals surface area contributed by atoms with E-state index in [1.807, 2.05) is 26.8 Å². The maximum absolute atomic E-state index is 12.7. The van der Waals surface area contributed by atoms with E-state index in [0.717, 1.165) is 4.88 Å². The van der Waals surface area contributed by atoms with Gasteiger partial charge in [0.1, 0.15) is 12.1 Å². The van der Waals surface area contributed by atoms with Crippen LogP contribution < -0.4 is 4.74 Å². The molecule has 0 saturated heterocycles. The first-order valence-corrected chi connectivity index (χ1v) is 9.31. The van der Waals surface area contributed by atoms with Crippen molar-refractivity contribution in [2.45, 2.75) is 20.8 Å². The molecule has 0 radical (unpaired) electrons. The van der Waals surface area contributed by atoms with Crippen molar-refractivity contribution in [2.75, 3.05) is 13.6 Å². The highest BCUT2D eigenvalue weighted by atomic mass is 32.1. The highest BCUT2D eigenvalue weighted by Crippen LogP contribution is 2.33. The van der Waals surface area contributed by atoms with Crippen LogP contribution in [0.3, 0.4) is 0 Å². The van der Waals surface area contributed by atoms with Crippen LogP contribution in [0, 0.1) is 16.7 Å². The summed E-state index contributed by atoms with van der Waals surface area (Å²) in [6, 6.07) is 5.31. The van der Waals surface area contributed by atoms with E-state index in [9.17, 15) is 9.59 Å². The van der Waals surface area contributed by atoms with Crippen LogP contribution in [-0.4, -0.2) is 45.3 Å². The molecule has 9 heteroatoms. The molecule has 0 bridgehead atoms. The van der Waals surface area contributed by atoms with Crippen LogP contribution in [-0.2, 0) is 0 Å². The predicted molar refractivity (Wildman–Crippen MR) is 105 cm³/mol. The summed E-state index contributed by atoms with van der Waals surface area (Å²) in [6.07, 6.45) is 2.62. The molecule has 1 amide bonds. The second-order valence-corrected chi connectivity index (χ2v) is 8.28. The Bertz CT molecular complexity index is 1090. The fourth-order valence-corrected chi connectivity index (χ4v) is 3.24. The van der Waals surface area contributed by atoms with Crippen LogP contribution in [0.25, 0.3) is 21.7 Å². The summed E-state index contributed by atoms with van der Waals surface area (Å²) in [5.41, 5.74) is 1.59. The van der Waals surface area contributed by atoms with Crippen molar-refractivity contribution in [1.29, 1.82) is 5.26 Å². The minimum atomic E-state index is -0.611. The lowest BCUT2D eigenvalue weighted by Crippen LogP contribution is -2.29. The maximum atomic E-state index is 12.7. The molecule has 0 aliphatic carbocycles. The van der Waals surface area contributed by atoms with Gasteiger partial charge in [0.05, 0.1) is 28.4 Å². The molecule has 0 aliphatic rings. The predicted octanol–water partition coefficient (Wildman–Crippen LogP) is 3.87. The number of nitrogens with one attached hydrogen (secondary N) is 1. The minimum Gasteiger partial charge on any atom is -0.399 e. The summed E-state index contributed by atoms with van der Waals surface area (Å²) in [6.45, 7) is 5.51. The topological polar surface area (TPSA) is 112 Å². The molecule has 0 saturated carbocycles. The number of nitrogens with zero attached hydrogens (tertiary/aromatic N) is 4. The first-order chi connectivity index (χ1) is 13.2. The zero-order valence-corrected chi connectivity index (χ0v) is 16.8. The second kappa shape index (κ2) is 7.40. The van der Waals surface area contributed by atoms with E-state index < -0.39 is 11.5 Å². The number of aromatic amines is 1. The largest absolute Gasteiger partial charge is 0.416 e. The van der Waals surface area contributed by atoms with Crippen molar-refractivity contribution in [2.24, 2.45) is 5.41 Å². The average molecular weight is 397 g/mol. The minimum absolute atomic E-state index is 0.0217. The molecule has 3 aromatic heterocycles. The molecule has 1 N–H and O–H groups in total. The molecule has 0 atom stereocenters. The Kier molecular flexibility index (Phi) is 5.16. The van der Waals surface area contributed by atoms with Crippen molar-refractivity contribution < 1.29 is 14.3 Å². The van der Waals surface area contributed by atoms with Crippen LogP contribution in [0.15, 0.2) is 24.5 Å². The van der Waals surface area contributed by atoms with Gasteiger partial charge in [-0.2, -0.15) is 5.26 Å². The number of rotatable bonds is 4. The number of carbonyl (C=O) groups excluding carboxylic acids is 2. The zero-order chi connectivity index (χ0) is 20.5. The van der Waals surface area contributed by atoms with Gasteiger partial charge in [-0.1, -0.05) is 32.1 Å². The summed E-state index contributed by atoms with van der Waals surface area (Å²) < 4.78 is 5.26. The average Bonchev–Trinajstić information content (AvgIpc) is 3.26. The molecule has 0 unspecified atom stereocenters. The molecule has 3 heterocycles. The van der Waals surface area contributed by atoms with E-state index in [4.69, 9.17) is 10.00 Å². The molecule has 28 heavy (non-hydrogen) atoms. The number of hydrogen-bond donors (Lipinski definition) is 1. The summed E-state index contributed by atoms with van der Waals surface area (Å²) >= 11 is 1.23. The Labute approximate surface area is 165 Å². The van der Waals surface area contributed by atoms with Gasteiger partial charge in [0.15, 0.2) is 16.5 Å². The second-order valence-electron chi connectivity index (χ2n) is 7.23. The quantitative estimate of drug-likeness (QED) is 0.528. The van der Waals surface area contributed by atoms with Crippen molar-refractivity contribution >= 4 is 34.4 Å². The Balaban J connectivity index is 1.89. The van der Waals surface area contributed by atoms with E-state index in [1.54, 1.807) is 24.5 Å². The number of hydrogen-bond acceptors (Lipinski definition) is 7. The molecular formula is C19H19N5O3S. The normalized spacial score (nSPS) is 11.2. The number of thiophene rings is 1. The van der Waals surface area contributed by atoms with Gasteiger partial charge in [-0.05, 0) is 12.1 Å². The first kappa shape index (κ1) is 19.5. The Hall–Kier alpha value is -3.25. The van der Waals surface area contributed by atoms with E-state index in [-0.39, 0.29) is 12.3 Å². The third-order valence-corrected chi connectivity index (χ3v) is 4.93. The van der Waals surface area contributed by atoms with E-state index in [1.165, 1.54) is 23.3 Å². The van der Waals surface area contributed by atoms with Crippen LogP contribution in [0.5, 0.6) is 5.06 Å². The molecule has 3 rings (SSSR count). The lowest BCUT2D eigenvalue weighted by molar-refractivity contribution is 0.0860. The van der Waals surface area contributed by atoms with Gasteiger partial charge >= 0.3 is 6.09 Å². The van der Waals surface area contributed by atoms with Gasteiger partial charge < -0.3 is 9.72 Å². The lowest BCUT2D eigenvalue weighted by Gasteiger charge is -2.15. The number of ether oxygens (including phenoxy) is 1. The van der Waals surface area contributed by atoms with Gasteiger partial charge in [-0.3, -0.25) is 9.69 Å². The molecule has 0 aliphatic heterocycles. The third-order valence-electron chi connectivity index (χ3n) is 3.95. The fourth-order valence-electron chi connectivity index (χ4n) is 2.43. The number of amides is 1. The number of H-pyrrole nitrogens is 1. The molecule has 8 nitrogen and oxygen atoms in total. The Morgan fingerprint density at radius 3 is 2.79 bits per heavy atom. The maximum Gasteiger partial charge on any atom is 0.416 e. The molecule has 144 valence electrons. The lowest BCUT2D eigenvalue weighted by atomic mass is 9.87. The van der Waals surface area contributed by atoms with Crippen molar-refractivity contribution in [3.05, 3.63) is 30.1 Å². The van der Waals surface area contributed by atoms with Crippen molar-refractivity contribution in [3.63, 3.8) is 0 Å². The summed E-state index contributed by atoms with van der Waals surface area (Å²) in [5, 5.41) is 9.03. The Morgan fingerprint density at radius 2 is 2.11 bits per heavy atom. The highest BCUT2D eigenvalue weighted by Gasteiger charge is 2.26. The monoisotopic (exact) mass is 397 g/mol. The SMILES string of the molecule is CN(CC#N)C(=O)Oc1ccc(-c2cnc3[nH]cc(C(=O)C(C)(C)C)c3n2)s1. The molecule has 0 fully saturated rings. The van der Waals surface area contributed by atoms with Crippen LogP contribution in [0.4, 0.5) is 4.79 Å². The van der Waals surface area contributed by atoms with Gasteiger partial charge in [0.25, 0.3) is 0 Å². The molecule has 3 aromatic rings.